The van der Waals surface area contributed by atoms with Gasteiger partial charge in [0.15, 0.2) is 5.82 Å². The third-order valence-corrected chi connectivity index (χ3v) is 5.79. The number of thiazole rings is 1. The lowest BCUT2D eigenvalue weighted by molar-refractivity contribution is -0.117. The standard InChI is InChI=1S/C21H21N5O2S/c1-14-18(29-13-25-14)7-8-22-21(28)16-9-17-20(23-10-16)24-11-19(27)26(17)12-15-5-3-2-4-6-15/h2-6,9-10,13H,7-8,11-12H2,1H3,(H,22,28)(H,23,24). The third kappa shape index (κ3) is 4.27. The zero-order valence-corrected chi connectivity index (χ0v) is 16.8. The van der Waals surface area contributed by atoms with Crippen LogP contribution in [0.25, 0.3) is 0 Å². The van der Waals surface area contributed by atoms with E-state index in [1.165, 1.54) is 6.20 Å². The molecule has 0 saturated heterocycles. The Balaban J connectivity index is 1.49. The molecule has 0 bridgehead atoms. The molecule has 0 radical (unpaired) electrons. The van der Waals surface area contributed by atoms with E-state index >= 15 is 0 Å². The number of benzene rings is 1. The molecule has 0 atom stereocenters. The van der Waals surface area contributed by atoms with Crippen LogP contribution in [0.3, 0.4) is 0 Å². The summed E-state index contributed by atoms with van der Waals surface area (Å²) in [6.07, 6.45) is 2.27. The Hall–Kier alpha value is -3.26. The Morgan fingerprint density at radius 3 is 2.86 bits per heavy atom. The van der Waals surface area contributed by atoms with Crippen LogP contribution in [0.5, 0.6) is 0 Å². The van der Waals surface area contributed by atoms with Gasteiger partial charge in [-0.2, -0.15) is 0 Å². The van der Waals surface area contributed by atoms with Crippen molar-refractivity contribution in [3.8, 4) is 0 Å². The minimum atomic E-state index is -0.208. The average Bonchev–Trinajstić information content (AvgIpc) is 3.15. The van der Waals surface area contributed by atoms with Gasteiger partial charge < -0.3 is 15.5 Å². The van der Waals surface area contributed by atoms with E-state index in [1.807, 2.05) is 42.8 Å². The van der Waals surface area contributed by atoms with Crippen molar-refractivity contribution >= 4 is 34.7 Å². The number of aryl methyl sites for hydroxylation is 1. The predicted octanol–water partition coefficient (Wildman–Crippen LogP) is 2.78. The van der Waals surface area contributed by atoms with Crippen molar-refractivity contribution < 1.29 is 9.59 Å². The van der Waals surface area contributed by atoms with E-state index in [9.17, 15) is 9.59 Å². The fraction of sp³-hybridized carbons (Fsp3) is 0.238. The fourth-order valence-corrected chi connectivity index (χ4v) is 3.99. The van der Waals surface area contributed by atoms with Crippen molar-refractivity contribution in [2.75, 3.05) is 23.3 Å². The van der Waals surface area contributed by atoms with E-state index < -0.39 is 0 Å². The molecule has 3 aromatic rings. The van der Waals surface area contributed by atoms with Gasteiger partial charge in [0.2, 0.25) is 5.91 Å². The summed E-state index contributed by atoms with van der Waals surface area (Å²) < 4.78 is 0. The molecular formula is C21H21N5O2S. The maximum Gasteiger partial charge on any atom is 0.252 e. The first-order valence-electron chi connectivity index (χ1n) is 9.37. The fourth-order valence-electron chi connectivity index (χ4n) is 3.21. The number of amides is 2. The van der Waals surface area contributed by atoms with Crippen LogP contribution in [-0.2, 0) is 17.8 Å². The van der Waals surface area contributed by atoms with Crippen molar-refractivity contribution in [3.63, 3.8) is 0 Å². The highest BCUT2D eigenvalue weighted by molar-refractivity contribution is 7.09. The number of rotatable bonds is 6. The Bertz CT molecular complexity index is 1030. The molecule has 4 rings (SSSR count). The number of pyridine rings is 1. The molecule has 1 aliphatic heterocycles. The van der Waals surface area contributed by atoms with Gasteiger partial charge in [-0.3, -0.25) is 9.59 Å². The molecule has 7 nitrogen and oxygen atoms in total. The maximum atomic E-state index is 12.6. The van der Waals surface area contributed by atoms with Gasteiger partial charge in [0, 0.05) is 24.0 Å². The van der Waals surface area contributed by atoms with Gasteiger partial charge >= 0.3 is 0 Å². The van der Waals surface area contributed by atoms with Crippen molar-refractivity contribution in [2.24, 2.45) is 0 Å². The number of nitrogens with zero attached hydrogens (tertiary/aromatic N) is 3. The van der Waals surface area contributed by atoms with Gasteiger partial charge in [-0.15, -0.1) is 11.3 Å². The summed E-state index contributed by atoms with van der Waals surface area (Å²) in [6, 6.07) is 11.5. The molecule has 3 heterocycles. The lowest BCUT2D eigenvalue weighted by Gasteiger charge is -2.29. The second-order valence-corrected chi connectivity index (χ2v) is 7.72. The molecule has 1 aliphatic rings. The van der Waals surface area contributed by atoms with E-state index in [0.29, 0.717) is 30.2 Å². The maximum absolute atomic E-state index is 12.6. The molecule has 0 spiro atoms. The minimum Gasteiger partial charge on any atom is -0.359 e. The Morgan fingerprint density at radius 2 is 2.10 bits per heavy atom. The zero-order valence-electron chi connectivity index (χ0n) is 16.0. The van der Waals surface area contributed by atoms with Crippen LogP contribution >= 0.6 is 11.3 Å². The molecule has 2 amide bonds. The molecule has 1 aromatic carbocycles. The average molecular weight is 407 g/mol. The highest BCUT2D eigenvalue weighted by Gasteiger charge is 2.26. The monoisotopic (exact) mass is 407 g/mol. The van der Waals surface area contributed by atoms with Crippen LogP contribution in [0.2, 0.25) is 0 Å². The van der Waals surface area contributed by atoms with Gasteiger partial charge in [-0.05, 0) is 18.6 Å². The number of hydrogen-bond donors (Lipinski definition) is 2. The van der Waals surface area contributed by atoms with Crippen molar-refractivity contribution in [2.45, 2.75) is 19.9 Å². The van der Waals surface area contributed by atoms with E-state index in [2.05, 4.69) is 20.6 Å². The number of hydrogen-bond acceptors (Lipinski definition) is 6. The Labute approximate surface area is 172 Å². The molecular weight excluding hydrogens is 386 g/mol. The number of carbonyl (C=O) groups excluding carboxylic acids is 2. The molecule has 2 N–H and O–H groups in total. The largest absolute Gasteiger partial charge is 0.359 e. The first kappa shape index (κ1) is 19.1. The van der Waals surface area contributed by atoms with E-state index in [0.717, 1.165) is 22.6 Å². The van der Waals surface area contributed by atoms with Crippen LogP contribution in [-0.4, -0.2) is 34.9 Å². The summed E-state index contributed by atoms with van der Waals surface area (Å²) >= 11 is 1.59. The van der Waals surface area contributed by atoms with Crippen LogP contribution in [0, 0.1) is 6.92 Å². The third-order valence-electron chi connectivity index (χ3n) is 4.79. The number of nitrogens with one attached hydrogen (secondary N) is 2. The van der Waals surface area contributed by atoms with Crippen LogP contribution < -0.4 is 15.5 Å². The normalized spacial score (nSPS) is 13.0. The van der Waals surface area contributed by atoms with E-state index in [4.69, 9.17) is 0 Å². The summed E-state index contributed by atoms with van der Waals surface area (Å²) in [5.41, 5.74) is 4.88. The van der Waals surface area contributed by atoms with Crippen LogP contribution in [0.4, 0.5) is 11.5 Å². The Morgan fingerprint density at radius 1 is 1.28 bits per heavy atom. The van der Waals surface area contributed by atoms with Crippen molar-refractivity contribution in [1.82, 2.24) is 15.3 Å². The van der Waals surface area contributed by atoms with Crippen molar-refractivity contribution in [3.05, 3.63) is 69.8 Å². The SMILES string of the molecule is Cc1ncsc1CCNC(=O)c1cnc2c(c1)N(Cc1ccccc1)C(=O)CN2. The van der Waals surface area contributed by atoms with Gasteiger partial charge in [0.1, 0.15) is 0 Å². The van der Waals surface area contributed by atoms with Crippen LogP contribution in [0.1, 0.15) is 26.5 Å². The molecule has 0 fully saturated rings. The molecule has 29 heavy (non-hydrogen) atoms. The van der Waals surface area contributed by atoms with Gasteiger partial charge in [0.05, 0.1) is 35.5 Å². The van der Waals surface area contributed by atoms with Gasteiger partial charge in [-0.25, -0.2) is 9.97 Å². The second-order valence-electron chi connectivity index (χ2n) is 6.78. The first-order valence-corrected chi connectivity index (χ1v) is 10.2. The topological polar surface area (TPSA) is 87.2 Å². The van der Waals surface area contributed by atoms with Crippen LogP contribution in [0.15, 0.2) is 48.1 Å². The lowest BCUT2D eigenvalue weighted by Crippen LogP contribution is -2.40. The van der Waals surface area contributed by atoms with E-state index in [-0.39, 0.29) is 18.4 Å². The number of carbonyl (C=O) groups is 2. The highest BCUT2D eigenvalue weighted by atomic mass is 32.1. The van der Waals surface area contributed by atoms with Gasteiger partial charge in [-0.1, -0.05) is 30.3 Å². The molecule has 2 aromatic heterocycles. The van der Waals surface area contributed by atoms with Crippen molar-refractivity contribution in [1.29, 1.82) is 0 Å². The predicted molar refractivity (Wildman–Crippen MR) is 113 cm³/mol. The van der Waals surface area contributed by atoms with Gasteiger partial charge in [0.25, 0.3) is 5.91 Å². The lowest BCUT2D eigenvalue weighted by atomic mass is 10.1. The molecule has 0 unspecified atom stereocenters. The summed E-state index contributed by atoms with van der Waals surface area (Å²) in [6.45, 7) is 3.11. The Kier molecular flexibility index (Phi) is 5.53. The molecule has 0 saturated carbocycles. The molecule has 148 valence electrons. The van der Waals surface area contributed by atoms with E-state index in [1.54, 1.807) is 22.3 Å². The zero-order chi connectivity index (χ0) is 20.2. The second kappa shape index (κ2) is 8.40. The summed E-state index contributed by atoms with van der Waals surface area (Å²) in [4.78, 5) is 36.5. The molecule has 0 aliphatic carbocycles. The quantitative estimate of drug-likeness (QED) is 0.656. The number of aromatic nitrogens is 2. The first-order chi connectivity index (χ1) is 14.1. The summed E-state index contributed by atoms with van der Waals surface area (Å²) in [7, 11) is 0. The number of anilines is 2. The number of fused-ring (bicyclic) bond motifs is 1. The smallest absolute Gasteiger partial charge is 0.252 e. The summed E-state index contributed by atoms with van der Waals surface area (Å²) in [5.74, 6) is 0.346. The summed E-state index contributed by atoms with van der Waals surface area (Å²) in [5, 5.41) is 5.95. The molecule has 8 heteroatoms. The highest BCUT2D eigenvalue weighted by Crippen LogP contribution is 2.29. The minimum absolute atomic E-state index is 0.0543.